The lowest BCUT2D eigenvalue weighted by molar-refractivity contribution is 0.952. The van der Waals surface area contributed by atoms with Crippen molar-refractivity contribution >= 4 is 11.9 Å². The molecule has 0 N–H and O–H groups in total. The molecular formula is C8H9N5. The van der Waals surface area contributed by atoms with E-state index >= 15 is 0 Å². The van der Waals surface area contributed by atoms with Crippen LogP contribution in [0.1, 0.15) is 5.82 Å². The zero-order valence-electron chi connectivity index (χ0n) is 7.25. The minimum absolute atomic E-state index is 0.454. The number of hydrogen-bond donors (Lipinski definition) is 0. The molecular weight excluding hydrogens is 166 g/mol. The molecule has 0 bridgehead atoms. The molecule has 5 heteroatoms. The second-order valence-electron chi connectivity index (χ2n) is 2.04. The van der Waals surface area contributed by atoms with E-state index in [9.17, 15) is 0 Å². The summed E-state index contributed by atoms with van der Waals surface area (Å²) in [6, 6.07) is 0. The summed E-state index contributed by atoms with van der Waals surface area (Å²) in [5, 5.41) is 7.47. The Morgan fingerprint density at radius 1 is 1.54 bits per heavy atom. The third-order valence-electron chi connectivity index (χ3n) is 1.25. The van der Waals surface area contributed by atoms with Crippen LogP contribution in [0, 0.1) is 0 Å². The predicted molar refractivity (Wildman–Crippen MR) is 51.0 cm³/mol. The minimum atomic E-state index is 0.454. The molecule has 0 saturated carbocycles. The van der Waals surface area contributed by atoms with E-state index in [0.717, 1.165) is 0 Å². The van der Waals surface area contributed by atoms with Crippen LogP contribution in [0.15, 0.2) is 35.2 Å². The lowest BCUT2D eigenvalue weighted by Gasteiger charge is -1.94. The molecule has 0 aliphatic heterocycles. The highest BCUT2D eigenvalue weighted by Gasteiger charge is 2.01. The monoisotopic (exact) mass is 175 g/mol. The first kappa shape index (κ1) is 9.18. The van der Waals surface area contributed by atoms with Gasteiger partial charge in [-0.25, -0.2) is 4.98 Å². The maximum absolute atomic E-state index is 3.97. The van der Waals surface area contributed by atoms with Gasteiger partial charge in [0.15, 0.2) is 0 Å². The molecule has 0 fully saturated rings. The van der Waals surface area contributed by atoms with Crippen LogP contribution in [-0.2, 0) is 0 Å². The highest BCUT2D eigenvalue weighted by molar-refractivity contribution is 6.37. The average molecular weight is 175 g/mol. The molecule has 1 heterocycles. The van der Waals surface area contributed by atoms with E-state index < -0.39 is 0 Å². The third-order valence-corrected chi connectivity index (χ3v) is 1.25. The molecule has 0 saturated heterocycles. The predicted octanol–water partition coefficient (Wildman–Crippen LogP) is 0.505. The fourth-order valence-corrected chi connectivity index (χ4v) is 0.704. The van der Waals surface area contributed by atoms with Crippen LogP contribution in [0.2, 0.25) is 0 Å². The van der Waals surface area contributed by atoms with Gasteiger partial charge in [0, 0.05) is 19.4 Å². The summed E-state index contributed by atoms with van der Waals surface area (Å²) >= 11 is 0. The normalized spacial score (nSPS) is 11.9. The molecule has 1 aromatic rings. The van der Waals surface area contributed by atoms with Crippen molar-refractivity contribution < 1.29 is 0 Å². The molecule has 66 valence electrons. The summed E-state index contributed by atoms with van der Waals surface area (Å²) in [6.07, 6.45) is 6.00. The van der Waals surface area contributed by atoms with E-state index in [1.165, 1.54) is 18.6 Å². The smallest absolute Gasteiger partial charge is 0.201 e. The van der Waals surface area contributed by atoms with Crippen LogP contribution in [0.25, 0.3) is 0 Å². The van der Waals surface area contributed by atoms with Crippen molar-refractivity contribution in [3.8, 4) is 0 Å². The molecule has 0 unspecified atom stereocenters. The standard InChI is InChI=1S/C8H9N5/c1-3-10-6-7(9-2)8-11-4-5-12-13-8/h3-6H,1H2,2H3/b9-7+,10-6-. The molecule has 1 rings (SSSR count). The van der Waals surface area contributed by atoms with E-state index in [-0.39, 0.29) is 0 Å². The Hall–Kier alpha value is -1.91. The molecule has 0 spiro atoms. The first-order valence-electron chi connectivity index (χ1n) is 3.63. The molecule has 5 nitrogen and oxygen atoms in total. The molecule has 0 aliphatic carbocycles. The largest absolute Gasteiger partial charge is 0.283 e. The Kier molecular flexibility index (Phi) is 3.44. The Labute approximate surface area is 76.0 Å². The number of aromatic nitrogens is 3. The maximum Gasteiger partial charge on any atom is 0.201 e. The Balaban J connectivity index is 2.92. The van der Waals surface area contributed by atoms with Crippen molar-refractivity contribution in [2.24, 2.45) is 9.98 Å². The first-order valence-corrected chi connectivity index (χ1v) is 3.63. The first-order chi connectivity index (χ1) is 6.38. The van der Waals surface area contributed by atoms with Gasteiger partial charge in [0.1, 0.15) is 5.71 Å². The van der Waals surface area contributed by atoms with Gasteiger partial charge in [-0.3, -0.25) is 9.98 Å². The van der Waals surface area contributed by atoms with Gasteiger partial charge in [-0.15, -0.1) is 5.10 Å². The summed E-state index contributed by atoms with van der Waals surface area (Å²) in [5.74, 6) is 0.454. The second kappa shape index (κ2) is 4.87. The Bertz CT molecular complexity index is 328. The van der Waals surface area contributed by atoms with Crippen molar-refractivity contribution in [1.82, 2.24) is 15.2 Å². The van der Waals surface area contributed by atoms with Gasteiger partial charge in [0.05, 0.1) is 12.4 Å². The van der Waals surface area contributed by atoms with Gasteiger partial charge in [-0.1, -0.05) is 6.58 Å². The quantitative estimate of drug-likeness (QED) is 0.628. The highest BCUT2D eigenvalue weighted by atomic mass is 15.1. The molecule has 0 aliphatic rings. The molecule has 1 aromatic heterocycles. The summed E-state index contributed by atoms with van der Waals surface area (Å²) in [5.41, 5.74) is 0.577. The van der Waals surface area contributed by atoms with E-state index in [1.807, 2.05) is 0 Å². The summed E-state index contributed by atoms with van der Waals surface area (Å²) in [6.45, 7) is 3.45. The van der Waals surface area contributed by atoms with Crippen LogP contribution in [0.5, 0.6) is 0 Å². The van der Waals surface area contributed by atoms with Gasteiger partial charge >= 0.3 is 0 Å². The number of nitrogens with zero attached hydrogens (tertiary/aromatic N) is 5. The molecule has 0 amide bonds. The zero-order valence-corrected chi connectivity index (χ0v) is 7.25. The third kappa shape index (κ3) is 2.55. The molecule has 0 radical (unpaired) electrons. The van der Waals surface area contributed by atoms with Crippen molar-refractivity contribution in [3.63, 3.8) is 0 Å². The van der Waals surface area contributed by atoms with Crippen LogP contribution in [-0.4, -0.2) is 34.2 Å². The minimum Gasteiger partial charge on any atom is -0.283 e. The SMILES string of the molecule is C=C/N=C\C(=N/C)c1nccnn1. The van der Waals surface area contributed by atoms with Crippen LogP contribution in [0.3, 0.4) is 0 Å². The van der Waals surface area contributed by atoms with Crippen LogP contribution >= 0.6 is 0 Å². The Morgan fingerprint density at radius 2 is 2.38 bits per heavy atom. The van der Waals surface area contributed by atoms with E-state index in [2.05, 4.69) is 31.7 Å². The molecule has 13 heavy (non-hydrogen) atoms. The van der Waals surface area contributed by atoms with Crippen molar-refractivity contribution in [2.45, 2.75) is 0 Å². The average Bonchev–Trinajstić information content (AvgIpc) is 2.21. The topological polar surface area (TPSA) is 63.4 Å². The summed E-state index contributed by atoms with van der Waals surface area (Å²) in [7, 11) is 1.64. The van der Waals surface area contributed by atoms with Crippen molar-refractivity contribution in [1.29, 1.82) is 0 Å². The van der Waals surface area contributed by atoms with Gasteiger partial charge in [-0.05, 0) is 0 Å². The lowest BCUT2D eigenvalue weighted by atomic mass is 10.4. The number of hydrogen-bond acceptors (Lipinski definition) is 5. The lowest BCUT2D eigenvalue weighted by Crippen LogP contribution is -2.08. The maximum atomic E-state index is 3.97. The van der Waals surface area contributed by atoms with Gasteiger partial charge < -0.3 is 0 Å². The van der Waals surface area contributed by atoms with Gasteiger partial charge in [-0.2, -0.15) is 5.10 Å². The zero-order chi connectivity index (χ0) is 9.52. The second-order valence-corrected chi connectivity index (χ2v) is 2.04. The van der Waals surface area contributed by atoms with E-state index in [0.29, 0.717) is 11.5 Å². The van der Waals surface area contributed by atoms with Crippen molar-refractivity contribution in [2.75, 3.05) is 7.05 Å². The Morgan fingerprint density at radius 3 is 2.92 bits per heavy atom. The van der Waals surface area contributed by atoms with Crippen LogP contribution in [0.4, 0.5) is 0 Å². The summed E-state index contributed by atoms with van der Waals surface area (Å²) in [4.78, 5) is 11.7. The summed E-state index contributed by atoms with van der Waals surface area (Å²) < 4.78 is 0. The van der Waals surface area contributed by atoms with E-state index in [1.54, 1.807) is 13.2 Å². The van der Waals surface area contributed by atoms with Gasteiger partial charge in [0.25, 0.3) is 0 Å². The highest BCUT2D eigenvalue weighted by Crippen LogP contribution is 1.87. The van der Waals surface area contributed by atoms with Gasteiger partial charge in [0.2, 0.25) is 5.82 Å². The van der Waals surface area contributed by atoms with Crippen LogP contribution < -0.4 is 0 Å². The fraction of sp³-hybridized carbons (Fsp3) is 0.125. The number of aliphatic imine (C=N–C) groups is 2. The van der Waals surface area contributed by atoms with Crippen molar-refractivity contribution in [3.05, 3.63) is 31.0 Å². The molecule has 0 atom stereocenters. The van der Waals surface area contributed by atoms with E-state index in [4.69, 9.17) is 0 Å². The fourth-order valence-electron chi connectivity index (χ4n) is 0.704. The molecule has 0 aromatic carbocycles. The number of rotatable bonds is 3.